The van der Waals surface area contributed by atoms with Gasteiger partial charge in [0.15, 0.2) is 5.78 Å². The number of ether oxygens (including phenoxy) is 1. The molecule has 1 N–H and O–H groups in total. The number of amides is 2. The Morgan fingerprint density at radius 3 is 2.38 bits per heavy atom. The van der Waals surface area contributed by atoms with Crippen molar-refractivity contribution in [1.29, 1.82) is 0 Å². The number of hydrogen-bond donors (Lipinski definition) is 1. The summed E-state index contributed by atoms with van der Waals surface area (Å²) < 4.78 is 5.47. The SMILES string of the molecule is CCOC(=O)N1C/C(=C\c2ccccc2)C(=O)[C@@]2(C1)[C@H](c1ccccc1)CN(C)[C@]21C(=O)Nc2ccccc21. The van der Waals surface area contributed by atoms with Crippen molar-refractivity contribution in [3.8, 4) is 0 Å². The molecule has 3 aromatic rings. The number of rotatable bonds is 3. The van der Waals surface area contributed by atoms with E-state index in [0.29, 0.717) is 17.8 Å². The van der Waals surface area contributed by atoms with Gasteiger partial charge in [-0.2, -0.15) is 0 Å². The fourth-order valence-corrected chi connectivity index (χ4v) is 7.04. The van der Waals surface area contributed by atoms with Crippen LogP contribution in [0.5, 0.6) is 0 Å². The van der Waals surface area contributed by atoms with E-state index in [1.54, 1.807) is 11.8 Å². The molecule has 39 heavy (non-hydrogen) atoms. The van der Waals surface area contributed by atoms with Crippen LogP contribution < -0.4 is 5.32 Å². The van der Waals surface area contributed by atoms with Gasteiger partial charge in [0.05, 0.1) is 18.6 Å². The van der Waals surface area contributed by atoms with E-state index >= 15 is 4.79 Å². The lowest BCUT2D eigenvalue weighted by Gasteiger charge is -2.50. The van der Waals surface area contributed by atoms with Gasteiger partial charge in [-0.25, -0.2) is 4.79 Å². The number of para-hydroxylation sites is 1. The van der Waals surface area contributed by atoms with E-state index < -0.39 is 17.0 Å². The summed E-state index contributed by atoms with van der Waals surface area (Å²) in [5.41, 5.74) is 1.12. The topological polar surface area (TPSA) is 79.0 Å². The second-order valence-electron chi connectivity index (χ2n) is 10.5. The molecule has 2 amide bonds. The van der Waals surface area contributed by atoms with Crippen molar-refractivity contribution in [2.24, 2.45) is 5.41 Å². The summed E-state index contributed by atoms with van der Waals surface area (Å²) in [7, 11) is 1.91. The number of benzene rings is 3. The van der Waals surface area contributed by atoms with Crippen LogP contribution >= 0.6 is 0 Å². The molecule has 3 atom stereocenters. The summed E-state index contributed by atoms with van der Waals surface area (Å²) in [4.78, 5) is 46.3. The third-order valence-corrected chi connectivity index (χ3v) is 8.53. The number of Topliss-reactive ketones (excluding diaryl/α,β-unsaturated/α-hetero) is 1. The minimum atomic E-state index is -1.32. The zero-order chi connectivity index (χ0) is 27.2. The van der Waals surface area contributed by atoms with E-state index in [2.05, 4.69) is 5.32 Å². The number of likely N-dealkylation sites (N-methyl/N-ethyl adjacent to an activating group) is 1. The van der Waals surface area contributed by atoms with E-state index in [-0.39, 0.29) is 37.3 Å². The first-order chi connectivity index (χ1) is 18.9. The standard InChI is InChI=1S/C32H31N3O4/c1-3-39-30(38)35-19-24(18-22-12-6-4-7-13-22)28(36)31(21-35)26(23-14-8-5-9-15-23)20-34(2)32(31)25-16-10-11-17-27(25)33-29(32)37/h4-18,26H,3,19-21H2,1-2H3,(H,33,37)/b24-18+/t26-,31+,32+/m0/s1. The molecule has 0 aromatic heterocycles. The first kappa shape index (κ1) is 25.1. The number of nitrogens with zero attached hydrogens (tertiary/aromatic N) is 2. The minimum Gasteiger partial charge on any atom is -0.450 e. The van der Waals surface area contributed by atoms with Crippen molar-refractivity contribution >= 4 is 29.5 Å². The quantitative estimate of drug-likeness (QED) is 0.507. The van der Waals surface area contributed by atoms with E-state index in [1.807, 2.05) is 103 Å². The second kappa shape index (κ2) is 9.50. The van der Waals surface area contributed by atoms with Gasteiger partial charge >= 0.3 is 6.09 Å². The summed E-state index contributed by atoms with van der Waals surface area (Å²) in [6, 6.07) is 27.0. The van der Waals surface area contributed by atoms with Crippen molar-refractivity contribution in [3.63, 3.8) is 0 Å². The molecule has 3 aliphatic rings. The van der Waals surface area contributed by atoms with Crippen LogP contribution in [0.15, 0.2) is 90.5 Å². The lowest BCUT2D eigenvalue weighted by molar-refractivity contribution is -0.146. The van der Waals surface area contributed by atoms with Crippen molar-refractivity contribution in [2.45, 2.75) is 18.4 Å². The van der Waals surface area contributed by atoms with Crippen molar-refractivity contribution in [3.05, 3.63) is 107 Å². The first-order valence-corrected chi connectivity index (χ1v) is 13.3. The Kier molecular flexibility index (Phi) is 6.11. The fourth-order valence-electron chi connectivity index (χ4n) is 7.04. The molecule has 0 radical (unpaired) electrons. The molecule has 0 bridgehead atoms. The number of anilines is 1. The summed E-state index contributed by atoms with van der Waals surface area (Å²) in [5.74, 6) is -0.718. The average molecular weight is 522 g/mol. The average Bonchev–Trinajstić information content (AvgIpc) is 3.40. The largest absolute Gasteiger partial charge is 0.450 e. The highest BCUT2D eigenvalue weighted by Gasteiger charge is 2.75. The maximum Gasteiger partial charge on any atom is 0.410 e. The minimum absolute atomic E-state index is 0.0580. The smallest absolute Gasteiger partial charge is 0.410 e. The van der Waals surface area contributed by atoms with E-state index in [4.69, 9.17) is 4.74 Å². The number of carbonyl (C=O) groups is 3. The summed E-state index contributed by atoms with van der Waals surface area (Å²) in [6.45, 7) is 2.61. The van der Waals surface area contributed by atoms with E-state index in [9.17, 15) is 9.59 Å². The van der Waals surface area contributed by atoms with Crippen LogP contribution in [0.4, 0.5) is 10.5 Å². The fraction of sp³-hybridized carbons (Fsp3) is 0.281. The summed E-state index contributed by atoms with van der Waals surface area (Å²) in [5, 5.41) is 3.07. The van der Waals surface area contributed by atoms with Gasteiger partial charge < -0.3 is 15.0 Å². The zero-order valence-electron chi connectivity index (χ0n) is 22.1. The highest BCUT2D eigenvalue weighted by molar-refractivity contribution is 6.16. The molecule has 3 heterocycles. The van der Waals surface area contributed by atoms with Gasteiger partial charge in [0.25, 0.3) is 5.91 Å². The van der Waals surface area contributed by atoms with Crippen LogP contribution in [0, 0.1) is 5.41 Å². The molecule has 0 saturated carbocycles. The highest BCUT2D eigenvalue weighted by Crippen LogP contribution is 2.64. The lowest BCUT2D eigenvalue weighted by Crippen LogP contribution is -2.66. The van der Waals surface area contributed by atoms with Gasteiger partial charge in [0, 0.05) is 35.8 Å². The Morgan fingerprint density at radius 1 is 1.00 bits per heavy atom. The molecule has 3 aromatic carbocycles. The molecular weight excluding hydrogens is 490 g/mol. The summed E-state index contributed by atoms with van der Waals surface area (Å²) >= 11 is 0. The van der Waals surface area contributed by atoms with Crippen LogP contribution in [0.25, 0.3) is 6.08 Å². The van der Waals surface area contributed by atoms with Crippen LogP contribution in [-0.2, 0) is 19.9 Å². The molecule has 7 nitrogen and oxygen atoms in total. The summed E-state index contributed by atoms with van der Waals surface area (Å²) in [6.07, 6.45) is 1.36. The van der Waals surface area contributed by atoms with Gasteiger partial charge in [0.1, 0.15) is 5.54 Å². The molecule has 2 spiro atoms. The Bertz CT molecular complexity index is 1470. The molecule has 2 fully saturated rings. The Balaban J connectivity index is 1.65. The predicted octanol–water partition coefficient (Wildman–Crippen LogP) is 4.67. The van der Waals surface area contributed by atoms with Gasteiger partial charge in [-0.3, -0.25) is 14.5 Å². The van der Waals surface area contributed by atoms with Gasteiger partial charge in [-0.05, 0) is 37.2 Å². The molecule has 0 aliphatic carbocycles. The van der Waals surface area contributed by atoms with Gasteiger partial charge in [-0.1, -0.05) is 78.9 Å². The number of carbonyl (C=O) groups excluding carboxylic acids is 3. The third kappa shape index (κ3) is 3.57. The second-order valence-corrected chi connectivity index (χ2v) is 10.5. The third-order valence-electron chi connectivity index (χ3n) is 8.53. The zero-order valence-corrected chi connectivity index (χ0v) is 22.1. The van der Waals surface area contributed by atoms with Crippen LogP contribution in [0.2, 0.25) is 0 Å². The van der Waals surface area contributed by atoms with Gasteiger partial charge in [0.2, 0.25) is 0 Å². The molecule has 3 aliphatic heterocycles. The Labute approximate surface area is 228 Å². The Hall–Kier alpha value is -4.23. The van der Waals surface area contributed by atoms with Crippen LogP contribution in [-0.4, -0.2) is 60.9 Å². The molecule has 198 valence electrons. The predicted molar refractivity (Wildman–Crippen MR) is 149 cm³/mol. The molecule has 2 saturated heterocycles. The number of likely N-dealkylation sites (tertiary alicyclic amines) is 2. The molecule has 7 heteroatoms. The maximum atomic E-state index is 15.1. The number of fused-ring (bicyclic) bond motifs is 3. The monoisotopic (exact) mass is 521 g/mol. The van der Waals surface area contributed by atoms with E-state index in [1.165, 1.54) is 0 Å². The Morgan fingerprint density at radius 2 is 1.67 bits per heavy atom. The number of nitrogens with one attached hydrogen (secondary N) is 1. The molecule has 0 unspecified atom stereocenters. The van der Waals surface area contributed by atoms with Crippen LogP contribution in [0.3, 0.4) is 0 Å². The lowest BCUT2D eigenvalue weighted by atomic mass is 9.56. The highest BCUT2D eigenvalue weighted by atomic mass is 16.6. The normalized spacial score (nSPS) is 27.3. The maximum absolute atomic E-state index is 15.1. The van der Waals surface area contributed by atoms with Gasteiger partial charge in [-0.15, -0.1) is 0 Å². The van der Waals surface area contributed by atoms with Crippen molar-refractivity contribution < 1.29 is 19.1 Å². The number of ketones is 1. The molecule has 6 rings (SSSR count). The molecular formula is C32H31N3O4. The number of piperidine rings is 1. The first-order valence-electron chi connectivity index (χ1n) is 13.3. The number of hydrogen-bond acceptors (Lipinski definition) is 5. The van der Waals surface area contributed by atoms with Crippen LogP contribution in [0.1, 0.15) is 29.5 Å². The van der Waals surface area contributed by atoms with Crippen molar-refractivity contribution in [1.82, 2.24) is 9.80 Å². The van der Waals surface area contributed by atoms with Crippen molar-refractivity contribution in [2.75, 3.05) is 38.6 Å². The van der Waals surface area contributed by atoms with E-state index in [0.717, 1.165) is 16.7 Å².